The van der Waals surface area contributed by atoms with Gasteiger partial charge in [0, 0.05) is 25.2 Å². The van der Waals surface area contributed by atoms with Gasteiger partial charge in [0.2, 0.25) is 0 Å². The molecule has 1 aliphatic heterocycles. The van der Waals surface area contributed by atoms with Crippen LogP contribution in [0.25, 0.3) is 0 Å². The first kappa shape index (κ1) is 18.6. The van der Waals surface area contributed by atoms with E-state index < -0.39 is 10.2 Å². The molecule has 2 aliphatic rings. The summed E-state index contributed by atoms with van der Waals surface area (Å²) in [5.74, 6) is 0.726. The van der Waals surface area contributed by atoms with Crippen molar-refractivity contribution in [1.29, 1.82) is 0 Å². The van der Waals surface area contributed by atoms with Gasteiger partial charge in [0.05, 0.1) is 0 Å². The van der Waals surface area contributed by atoms with Gasteiger partial charge in [0.15, 0.2) is 0 Å². The van der Waals surface area contributed by atoms with Crippen LogP contribution < -0.4 is 9.44 Å². The number of fused-ring (bicyclic) bond motifs is 2. The van der Waals surface area contributed by atoms with Crippen LogP contribution in [0.5, 0.6) is 5.75 Å². The Kier molecular flexibility index (Phi) is 5.68. The second kappa shape index (κ2) is 7.61. The van der Waals surface area contributed by atoms with E-state index in [9.17, 15) is 13.5 Å². The first-order valence-electron chi connectivity index (χ1n) is 9.24. The monoisotopic (exact) mass is 367 g/mol. The number of aromatic hydroxyl groups is 1. The molecule has 3 atom stereocenters. The molecule has 1 aromatic rings. The standard InChI is InChI=1S/C18H29N3O3S/c1-3-8-21-12-15(20-25(23,24)19-4-2)9-14-10-16-13(11-17(14)21)6-5-7-18(16)22/h5-7,14-15,17,19-20,22H,3-4,8-12H2,1-2H3/t14-,15+,17-/m0/s1. The first-order chi connectivity index (χ1) is 11.9. The number of nitrogens with one attached hydrogen (secondary N) is 2. The Morgan fingerprint density at radius 3 is 2.80 bits per heavy atom. The van der Waals surface area contributed by atoms with E-state index in [1.54, 1.807) is 13.0 Å². The van der Waals surface area contributed by atoms with Crippen LogP contribution in [0.4, 0.5) is 0 Å². The topological polar surface area (TPSA) is 81.7 Å². The number of rotatable bonds is 6. The number of phenols is 1. The molecule has 6 nitrogen and oxygen atoms in total. The van der Waals surface area contributed by atoms with Crippen molar-refractivity contribution in [2.24, 2.45) is 5.92 Å². The molecule has 0 radical (unpaired) electrons. The average Bonchev–Trinajstić information content (AvgIpc) is 2.54. The van der Waals surface area contributed by atoms with E-state index in [2.05, 4.69) is 27.3 Å². The maximum atomic E-state index is 12.1. The molecule has 25 heavy (non-hydrogen) atoms. The van der Waals surface area contributed by atoms with E-state index in [4.69, 9.17) is 0 Å². The van der Waals surface area contributed by atoms with Crippen LogP contribution >= 0.6 is 0 Å². The van der Waals surface area contributed by atoms with Crippen LogP contribution in [0.15, 0.2) is 18.2 Å². The maximum Gasteiger partial charge on any atom is 0.277 e. The largest absolute Gasteiger partial charge is 0.508 e. The Morgan fingerprint density at radius 1 is 1.28 bits per heavy atom. The molecule has 3 N–H and O–H groups in total. The van der Waals surface area contributed by atoms with E-state index in [0.29, 0.717) is 24.3 Å². The van der Waals surface area contributed by atoms with Crippen molar-refractivity contribution in [2.75, 3.05) is 19.6 Å². The van der Waals surface area contributed by atoms with Gasteiger partial charge in [-0.1, -0.05) is 26.0 Å². The van der Waals surface area contributed by atoms with Crippen molar-refractivity contribution in [3.63, 3.8) is 0 Å². The molecule has 140 valence electrons. The van der Waals surface area contributed by atoms with Gasteiger partial charge in [-0.15, -0.1) is 0 Å². The Labute approximate surface area is 150 Å². The predicted octanol–water partition coefficient (Wildman–Crippen LogP) is 1.40. The number of benzene rings is 1. The number of hydrogen-bond donors (Lipinski definition) is 3. The average molecular weight is 368 g/mol. The third-order valence-electron chi connectivity index (χ3n) is 5.37. The fourth-order valence-corrected chi connectivity index (χ4v) is 5.52. The van der Waals surface area contributed by atoms with E-state index in [0.717, 1.165) is 44.3 Å². The SMILES string of the molecule is CCCN1C[C@H](NS(=O)(=O)NCC)C[C@H]2Cc3c(O)cccc3C[C@@H]21. The van der Waals surface area contributed by atoms with E-state index >= 15 is 0 Å². The highest BCUT2D eigenvalue weighted by atomic mass is 32.2. The third kappa shape index (κ3) is 4.16. The van der Waals surface area contributed by atoms with Crippen molar-refractivity contribution in [1.82, 2.24) is 14.3 Å². The number of likely N-dealkylation sites (tertiary alicyclic amines) is 1. The Balaban J connectivity index is 1.81. The summed E-state index contributed by atoms with van der Waals surface area (Å²) in [7, 11) is -3.45. The molecule has 0 unspecified atom stereocenters. The number of hydrogen-bond acceptors (Lipinski definition) is 4. The number of phenolic OH excluding ortho intramolecular Hbond substituents is 1. The molecule has 0 bridgehead atoms. The lowest BCUT2D eigenvalue weighted by Crippen LogP contribution is -2.59. The fraction of sp³-hybridized carbons (Fsp3) is 0.667. The third-order valence-corrected chi connectivity index (χ3v) is 6.68. The smallest absolute Gasteiger partial charge is 0.277 e. The Hall–Kier alpha value is -1.15. The van der Waals surface area contributed by atoms with Gasteiger partial charge in [-0.3, -0.25) is 4.90 Å². The van der Waals surface area contributed by atoms with E-state index in [1.165, 1.54) is 5.56 Å². The zero-order valence-corrected chi connectivity index (χ0v) is 15.8. The van der Waals surface area contributed by atoms with Gasteiger partial charge < -0.3 is 5.11 Å². The summed E-state index contributed by atoms with van der Waals surface area (Å²) in [6.45, 7) is 6.03. The van der Waals surface area contributed by atoms with Crippen molar-refractivity contribution in [2.45, 2.75) is 51.6 Å². The molecule has 7 heteroatoms. The minimum absolute atomic E-state index is 0.0933. The second-order valence-corrected chi connectivity index (χ2v) is 8.73. The van der Waals surface area contributed by atoms with Gasteiger partial charge in [-0.2, -0.15) is 13.1 Å². The second-order valence-electron chi connectivity index (χ2n) is 7.20. The van der Waals surface area contributed by atoms with Crippen LogP contribution in [0.3, 0.4) is 0 Å². The van der Waals surface area contributed by atoms with E-state index in [-0.39, 0.29) is 6.04 Å². The lowest BCUT2D eigenvalue weighted by molar-refractivity contribution is 0.0682. The van der Waals surface area contributed by atoms with Crippen LogP contribution in [-0.4, -0.2) is 50.1 Å². The molecule has 0 spiro atoms. The molecule has 1 aliphatic carbocycles. The molecule has 1 fully saturated rings. The molecule has 0 amide bonds. The summed E-state index contributed by atoms with van der Waals surface area (Å²) in [6, 6.07) is 6.10. The molecule has 1 saturated heterocycles. The predicted molar refractivity (Wildman–Crippen MR) is 98.8 cm³/mol. The number of piperidine rings is 1. The normalized spacial score (nSPS) is 26.9. The van der Waals surface area contributed by atoms with E-state index in [1.807, 2.05) is 6.07 Å². The van der Waals surface area contributed by atoms with Gasteiger partial charge in [0.1, 0.15) is 5.75 Å². The zero-order valence-electron chi connectivity index (χ0n) is 15.0. The molecule has 0 aromatic heterocycles. The summed E-state index contributed by atoms with van der Waals surface area (Å²) >= 11 is 0. The Bertz CT molecular complexity index is 708. The highest BCUT2D eigenvalue weighted by Crippen LogP contribution is 2.38. The van der Waals surface area contributed by atoms with Crippen LogP contribution in [0, 0.1) is 5.92 Å². The van der Waals surface area contributed by atoms with Crippen molar-refractivity contribution in [3.8, 4) is 5.75 Å². The maximum absolute atomic E-state index is 12.1. The van der Waals surface area contributed by atoms with Crippen LogP contribution in [0.1, 0.15) is 37.8 Å². The minimum Gasteiger partial charge on any atom is -0.508 e. The summed E-state index contributed by atoms with van der Waals surface area (Å²) in [5, 5.41) is 10.2. The van der Waals surface area contributed by atoms with Crippen molar-refractivity contribution >= 4 is 10.2 Å². The van der Waals surface area contributed by atoms with Gasteiger partial charge in [-0.25, -0.2) is 4.72 Å². The van der Waals surface area contributed by atoms with Crippen molar-refractivity contribution in [3.05, 3.63) is 29.3 Å². The lowest BCUT2D eigenvalue weighted by Gasteiger charge is -2.47. The molecular weight excluding hydrogens is 338 g/mol. The highest BCUT2D eigenvalue weighted by Gasteiger charge is 2.40. The summed E-state index contributed by atoms with van der Waals surface area (Å²) in [5.41, 5.74) is 2.27. The lowest BCUT2D eigenvalue weighted by atomic mass is 9.74. The molecular formula is C18H29N3O3S. The van der Waals surface area contributed by atoms with Gasteiger partial charge in [0.25, 0.3) is 10.2 Å². The minimum atomic E-state index is -3.45. The summed E-state index contributed by atoms with van der Waals surface area (Å²) < 4.78 is 29.5. The molecule has 0 saturated carbocycles. The highest BCUT2D eigenvalue weighted by molar-refractivity contribution is 7.87. The summed E-state index contributed by atoms with van der Waals surface area (Å²) in [4.78, 5) is 2.43. The first-order valence-corrected chi connectivity index (χ1v) is 10.7. The quantitative estimate of drug-likeness (QED) is 0.710. The van der Waals surface area contributed by atoms with Gasteiger partial charge in [-0.05, 0) is 55.3 Å². The van der Waals surface area contributed by atoms with Gasteiger partial charge >= 0.3 is 0 Å². The van der Waals surface area contributed by atoms with Crippen LogP contribution in [-0.2, 0) is 23.1 Å². The zero-order chi connectivity index (χ0) is 18.0. The molecule has 1 heterocycles. The summed E-state index contributed by atoms with van der Waals surface area (Å²) in [6.07, 6.45) is 3.60. The molecule has 1 aromatic carbocycles. The van der Waals surface area contributed by atoms with Crippen molar-refractivity contribution < 1.29 is 13.5 Å². The van der Waals surface area contributed by atoms with Crippen LogP contribution in [0.2, 0.25) is 0 Å². The molecule has 3 rings (SSSR count). The fourth-order valence-electron chi connectivity index (χ4n) is 4.45. The Morgan fingerprint density at radius 2 is 2.08 bits per heavy atom. The number of nitrogens with zero attached hydrogens (tertiary/aromatic N) is 1.